The van der Waals surface area contributed by atoms with Gasteiger partial charge >= 0.3 is 0 Å². The molecule has 3 N–H and O–H groups in total. The number of halogens is 3. The molecule has 0 amide bonds. The summed E-state index contributed by atoms with van der Waals surface area (Å²) < 4.78 is 0.810. The van der Waals surface area contributed by atoms with Gasteiger partial charge in [-0.25, -0.2) is 0 Å². The van der Waals surface area contributed by atoms with Gasteiger partial charge in [0.2, 0.25) is 0 Å². The fourth-order valence-corrected chi connectivity index (χ4v) is 2.05. The number of hydrogen-bond acceptors (Lipinski definition) is 2. The monoisotopic (exact) mass is 341 g/mol. The topological polar surface area (TPSA) is 46.2 Å². The summed E-state index contributed by atoms with van der Waals surface area (Å²) >= 11 is 9.25. The Bertz CT molecular complexity index is 349. The summed E-state index contributed by atoms with van der Waals surface area (Å²) in [5.74, 6) is 0. The van der Waals surface area contributed by atoms with Crippen molar-refractivity contribution in [3.63, 3.8) is 0 Å². The van der Waals surface area contributed by atoms with Gasteiger partial charge in [-0.05, 0) is 40.0 Å². The van der Waals surface area contributed by atoms with Gasteiger partial charge in [0, 0.05) is 4.47 Å². The lowest BCUT2D eigenvalue weighted by molar-refractivity contribution is 0.132. The minimum atomic E-state index is -0.493. The minimum Gasteiger partial charge on any atom is -0.391 e. The van der Waals surface area contributed by atoms with E-state index in [4.69, 9.17) is 17.3 Å². The molecular formula is C12H18BrCl2NO. The molecular weight excluding hydrogens is 325 g/mol. The molecule has 1 rings (SSSR count). The molecule has 0 bridgehead atoms. The van der Waals surface area contributed by atoms with Crippen molar-refractivity contribution in [2.24, 2.45) is 5.73 Å². The predicted molar refractivity (Wildman–Crippen MR) is 78.9 cm³/mol. The Morgan fingerprint density at radius 2 is 2.12 bits per heavy atom. The van der Waals surface area contributed by atoms with Crippen molar-refractivity contribution in [1.29, 1.82) is 0 Å². The van der Waals surface area contributed by atoms with Crippen LogP contribution in [0, 0.1) is 0 Å². The molecule has 0 heterocycles. The fraction of sp³-hybridized carbons (Fsp3) is 0.500. The van der Waals surface area contributed by atoms with Crippen LogP contribution in [0.4, 0.5) is 0 Å². The highest BCUT2D eigenvalue weighted by atomic mass is 79.9. The Morgan fingerprint density at radius 3 is 2.65 bits per heavy atom. The number of aliphatic hydroxyl groups is 1. The van der Waals surface area contributed by atoms with Crippen molar-refractivity contribution in [2.75, 3.05) is 0 Å². The highest BCUT2D eigenvalue weighted by molar-refractivity contribution is 9.10. The fourth-order valence-electron chi connectivity index (χ4n) is 1.53. The number of hydrogen-bond donors (Lipinski definition) is 2. The molecule has 0 aliphatic heterocycles. The van der Waals surface area contributed by atoms with E-state index in [0.717, 1.165) is 29.3 Å². The van der Waals surface area contributed by atoms with Gasteiger partial charge in [-0.1, -0.05) is 37.4 Å². The zero-order valence-electron chi connectivity index (χ0n) is 9.70. The van der Waals surface area contributed by atoms with Gasteiger partial charge < -0.3 is 10.8 Å². The molecule has 0 saturated heterocycles. The van der Waals surface area contributed by atoms with Gasteiger partial charge in [-0.15, -0.1) is 12.4 Å². The van der Waals surface area contributed by atoms with Gasteiger partial charge in [0.1, 0.15) is 0 Å². The van der Waals surface area contributed by atoms with Crippen molar-refractivity contribution in [2.45, 2.75) is 38.3 Å². The predicted octanol–water partition coefficient (Wildman–Crippen LogP) is 4.08. The summed E-state index contributed by atoms with van der Waals surface area (Å²) in [6.45, 7) is 2.09. The number of rotatable bonds is 5. The second-order valence-electron chi connectivity index (χ2n) is 3.91. The molecule has 0 spiro atoms. The van der Waals surface area contributed by atoms with Crippen molar-refractivity contribution in [3.05, 3.63) is 33.3 Å². The van der Waals surface area contributed by atoms with Gasteiger partial charge in [0.25, 0.3) is 0 Å². The largest absolute Gasteiger partial charge is 0.391 e. The van der Waals surface area contributed by atoms with Crippen LogP contribution in [0.25, 0.3) is 0 Å². The number of benzene rings is 1. The van der Waals surface area contributed by atoms with Crippen LogP contribution in [0.15, 0.2) is 22.7 Å². The quantitative estimate of drug-likeness (QED) is 0.847. The molecule has 98 valence electrons. The van der Waals surface area contributed by atoms with E-state index in [2.05, 4.69) is 22.9 Å². The van der Waals surface area contributed by atoms with Gasteiger partial charge in [0.05, 0.1) is 17.2 Å². The molecule has 0 aromatic heterocycles. The molecule has 2 atom stereocenters. The summed E-state index contributed by atoms with van der Waals surface area (Å²) in [6, 6.07) is 5.16. The first kappa shape index (κ1) is 17.2. The maximum Gasteiger partial charge on any atom is 0.0732 e. The van der Waals surface area contributed by atoms with E-state index in [1.54, 1.807) is 6.07 Å². The maximum absolute atomic E-state index is 9.89. The van der Waals surface area contributed by atoms with E-state index in [1.807, 2.05) is 12.1 Å². The van der Waals surface area contributed by atoms with Crippen LogP contribution in [0.5, 0.6) is 0 Å². The second-order valence-corrected chi connectivity index (χ2v) is 5.17. The molecule has 1 aromatic carbocycles. The zero-order valence-corrected chi connectivity index (χ0v) is 12.9. The van der Waals surface area contributed by atoms with Crippen molar-refractivity contribution in [3.8, 4) is 0 Å². The third kappa shape index (κ3) is 5.14. The molecule has 1 aromatic rings. The van der Waals surface area contributed by atoms with Gasteiger partial charge in [0.15, 0.2) is 0 Å². The molecule has 0 fully saturated rings. The summed E-state index contributed by atoms with van der Waals surface area (Å²) in [5.41, 5.74) is 6.89. The van der Waals surface area contributed by atoms with Crippen LogP contribution < -0.4 is 5.73 Å². The number of unbranched alkanes of at least 4 members (excludes halogenated alkanes) is 1. The van der Waals surface area contributed by atoms with Crippen molar-refractivity contribution in [1.82, 2.24) is 0 Å². The van der Waals surface area contributed by atoms with E-state index in [0.29, 0.717) is 5.02 Å². The van der Waals surface area contributed by atoms with Crippen molar-refractivity contribution >= 4 is 39.9 Å². The van der Waals surface area contributed by atoms with Crippen LogP contribution in [-0.4, -0.2) is 11.2 Å². The summed E-state index contributed by atoms with van der Waals surface area (Å²) in [5, 5.41) is 10.5. The molecule has 17 heavy (non-hydrogen) atoms. The first-order chi connectivity index (χ1) is 7.56. The first-order valence-corrected chi connectivity index (χ1v) is 6.62. The lowest BCUT2D eigenvalue weighted by atomic mass is 9.98. The molecule has 0 unspecified atom stereocenters. The Balaban J connectivity index is 0.00000256. The third-order valence-corrected chi connectivity index (χ3v) is 3.81. The van der Waals surface area contributed by atoms with E-state index >= 15 is 0 Å². The minimum absolute atomic E-state index is 0. The smallest absolute Gasteiger partial charge is 0.0732 e. The summed E-state index contributed by atoms with van der Waals surface area (Å²) in [6.07, 6.45) is 2.29. The van der Waals surface area contributed by atoms with Crippen LogP contribution in [0.3, 0.4) is 0 Å². The molecule has 2 nitrogen and oxygen atoms in total. The zero-order chi connectivity index (χ0) is 12.1. The highest BCUT2D eigenvalue weighted by Crippen LogP contribution is 2.27. The van der Waals surface area contributed by atoms with Crippen LogP contribution in [0.1, 0.15) is 37.8 Å². The average molecular weight is 343 g/mol. The van der Waals surface area contributed by atoms with E-state index in [-0.39, 0.29) is 18.4 Å². The Kier molecular flexibility index (Phi) is 8.43. The second kappa shape index (κ2) is 8.33. The average Bonchev–Trinajstić information content (AvgIpc) is 2.28. The van der Waals surface area contributed by atoms with Gasteiger partial charge in [-0.3, -0.25) is 0 Å². The van der Waals surface area contributed by atoms with Crippen LogP contribution >= 0.6 is 39.9 Å². The molecule has 0 radical (unpaired) electrons. The lowest BCUT2D eigenvalue weighted by Crippen LogP contribution is -2.26. The third-order valence-electron chi connectivity index (χ3n) is 2.60. The summed E-state index contributed by atoms with van der Waals surface area (Å²) in [4.78, 5) is 0. The molecule has 0 aliphatic rings. The van der Waals surface area contributed by atoms with Gasteiger partial charge in [-0.2, -0.15) is 0 Å². The molecule has 0 aliphatic carbocycles. The Morgan fingerprint density at radius 1 is 1.47 bits per heavy atom. The summed E-state index contributed by atoms with van der Waals surface area (Å²) in [7, 11) is 0. The van der Waals surface area contributed by atoms with E-state index in [1.165, 1.54) is 0 Å². The Hall–Kier alpha value is 0.200. The van der Waals surface area contributed by atoms with E-state index in [9.17, 15) is 5.11 Å². The highest BCUT2D eigenvalue weighted by Gasteiger charge is 2.16. The first-order valence-electron chi connectivity index (χ1n) is 5.44. The maximum atomic E-state index is 9.89. The number of aliphatic hydroxyl groups excluding tert-OH is 1. The van der Waals surface area contributed by atoms with Crippen molar-refractivity contribution < 1.29 is 5.11 Å². The van der Waals surface area contributed by atoms with Crippen LogP contribution in [-0.2, 0) is 0 Å². The normalized spacial score (nSPS) is 13.9. The lowest BCUT2D eigenvalue weighted by Gasteiger charge is -2.19. The standard InChI is InChI=1S/C12H17BrClNO.ClH/c1-2-3-4-11(16)12(15)8-5-6-10(14)9(13)7-8;/h5-7,11-12,16H,2-4,15H2,1H3;1H/t11-,12+;/m0./s1. The van der Waals surface area contributed by atoms with Crippen LogP contribution in [0.2, 0.25) is 5.02 Å². The Labute approximate surface area is 122 Å². The molecule has 5 heteroatoms. The number of nitrogens with two attached hydrogens (primary N) is 1. The molecule has 0 saturated carbocycles. The SMILES string of the molecule is CCCC[C@H](O)[C@H](N)c1ccc(Cl)c(Br)c1.Cl. The van der Waals surface area contributed by atoms with E-state index < -0.39 is 6.10 Å².